The Balaban J connectivity index is 1.99. The first-order valence-electron chi connectivity index (χ1n) is 8.22. The van der Waals surface area contributed by atoms with E-state index in [1.165, 1.54) is 6.08 Å². The molecular weight excluding hydrogens is 338 g/mol. The van der Waals surface area contributed by atoms with Crippen LogP contribution in [0, 0.1) is 12.8 Å². The van der Waals surface area contributed by atoms with Gasteiger partial charge in [0.15, 0.2) is 0 Å². The molecule has 1 aromatic heterocycles. The van der Waals surface area contributed by atoms with Gasteiger partial charge in [0.05, 0.1) is 12.8 Å². The molecule has 0 radical (unpaired) electrons. The van der Waals surface area contributed by atoms with E-state index in [0.717, 1.165) is 29.1 Å². The van der Waals surface area contributed by atoms with Crippen LogP contribution in [-0.2, 0) is 17.9 Å². The molecule has 2 rings (SSSR count). The van der Waals surface area contributed by atoms with E-state index >= 15 is 0 Å². The summed E-state index contributed by atoms with van der Waals surface area (Å²) >= 11 is 6.37. The van der Waals surface area contributed by atoms with Crippen molar-refractivity contribution in [3.63, 3.8) is 0 Å². The molecule has 0 fully saturated rings. The summed E-state index contributed by atoms with van der Waals surface area (Å²) in [5.74, 6) is 1.02. The zero-order chi connectivity index (χ0) is 18.4. The highest BCUT2D eigenvalue weighted by molar-refractivity contribution is 6.31. The monoisotopic (exact) mass is 361 g/mol. The number of amides is 1. The molecule has 6 heteroatoms. The number of rotatable bonds is 7. The maximum Gasteiger partial charge on any atom is 0.244 e. The van der Waals surface area contributed by atoms with Gasteiger partial charge in [-0.15, -0.1) is 0 Å². The molecule has 1 N–H and O–H groups in total. The number of carbonyl (C=O) groups excluding carboxylic acids is 1. The van der Waals surface area contributed by atoms with Crippen molar-refractivity contribution in [1.82, 2.24) is 15.1 Å². The number of methoxy groups -OCH3 is 1. The number of nitrogens with one attached hydrogen (secondary N) is 1. The Morgan fingerprint density at radius 3 is 2.88 bits per heavy atom. The predicted molar refractivity (Wildman–Crippen MR) is 101 cm³/mol. The van der Waals surface area contributed by atoms with Crippen LogP contribution in [-0.4, -0.2) is 22.8 Å². The average Bonchev–Trinajstić information content (AvgIpc) is 2.84. The van der Waals surface area contributed by atoms with E-state index in [0.29, 0.717) is 17.6 Å². The molecule has 134 valence electrons. The summed E-state index contributed by atoms with van der Waals surface area (Å²) in [5, 5.41) is 7.83. The molecule has 0 aliphatic carbocycles. The molecular formula is C19H24ClN3O2. The number of nitrogens with zero attached hydrogens (tertiary/aromatic N) is 2. The average molecular weight is 362 g/mol. The van der Waals surface area contributed by atoms with E-state index in [9.17, 15) is 4.79 Å². The smallest absolute Gasteiger partial charge is 0.244 e. The van der Waals surface area contributed by atoms with Crippen LogP contribution in [0.25, 0.3) is 6.08 Å². The lowest BCUT2D eigenvalue weighted by atomic mass is 10.2. The van der Waals surface area contributed by atoms with Crippen LogP contribution < -0.4 is 10.1 Å². The third-order valence-corrected chi connectivity index (χ3v) is 4.05. The van der Waals surface area contributed by atoms with Gasteiger partial charge in [0.2, 0.25) is 5.91 Å². The Kier molecular flexibility index (Phi) is 6.65. The van der Waals surface area contributed by atoms with Crippen LogP contribution in [0.3, 0.4) is 0 Å². The lowest BCUT2D eigenvalue weighted by Gasteiger charge is -2.06. The van der Waals surface area contributed by atoms with Crippen molar-refractivity contribution in [2.45, 2.75) is 33.9 Å². The third kappa shape index (κ3) is 5.36. The number of ether oxygens (including phenoxy) is 1. The molecule has 0 atom stereocenters. The molecule has 0 bridgehead atoms. The van der Waals surface area contributed by atoms with E-state index in [1.807, 2.05) is 31.2 Å². The first-order valence-corrected chi connectivity index (χ1v) is 8.60. The number of hydrogen-bond acceptors (Lipinski definition) is 3. The molecule has 2 aromatic rings. The number of aromatic nitrogens is 2. The largest absolute Gasteiger partial charge is 0.497 e. The molecule has 1 heterocycles. The second-order valence-electron chi connectivity index (χ2n) is 6.27. The van der Waals surface area contributed by atoms with E-state index in [2.05, 4.69) is 24.3 Å². The summed E-state index contributed by atoms with van der Waals surface area (Å²) in [5.41, 5.74) is 2.56. The maximum atomic E-state index is 12.1. The van der Waals surface area contributed by atoms with Gasteiger partial charge in [-0.2, -0.15) is 5.10 Å². The molecule has 0 spiro atoms. The quantitative estimate of drug-likeness (QED) is 0.762. The summed E-state index contributed by atoms with van der Waals surface area (Å²) in [4.78, 5) is 12.1. The second kappa shape index (κ2) is 8.72. The van der Waals surface area contributed by atoms with Gasteiger partial charge in [0, 0.05) is 24.7 Å². The Bertz CT molecular complexity index is 766. The normalized spacial score (nSPS) is 11.3. The van der Waals surface area contributed by atoms with Gasteiger partial charge in [-0.05, 0) is 36.6 Å². The van der Waals surface area contributed by atoms with E-state index in [-0.39, 0.29) is 5.91 Å². The molecule has 0 saturated carbocycles. The minimum atomic E-state index is -0.185. The van der Waals surface area contributed by atoms with Crippen molar-refractivity contribution < 1.29 is 9.53 Å². The van der Waals surface area contributed by atoms with Crippen molar-refractivity contribution >= 4 is 23.6 Å². The molecule has 0 aliphatic heterocycles. The topological polar surface area (TPSA) is 56.1 Å². The van der Waals surface area contributed by atoms with E-state index in [1.54, 1.807) is 17.9 Å². The standard InChI is InChI=1S/C19H24ClN3O2/c1-13(2)12-23-19(20)17(14(3)22-23)8-9-18(24)21-11-15-6-5-7-16(10-15)25-4/h5-10,13H,11-12H2,1-4H3,(H,21,24)/b9-8+. The fourth-order valence-electron chi connectivity index (χ4n) is 2.41. The van der Waals surface area contributed by atoms with Gasteiger partial charge < -0.3 is 10.1 Å². The highest BCUT2D eigenvalue weighted by atomic mass is 35.5. The van der Waals surface area contributed by atoms with E-state index < -0.39 is 0 Å². The van der Waals surface area contributed by atoms with Crippen LogP contribution in [0.15, 0.2) is 30.3 Å². The summed E-state index contributed by atoms with van der Waals surface area (Å²) in [6.07, 6.45) is 3.19. The fraction of sp³-hybridized carbons (Fsp3) is 0.368. The molecule has 0 saturated heterocycles. The van der Waals surface area contributed by atoms with Crippen LogP contribution >= 0.6 is 11.6 Å². The zero-order valence-electron chi connectivity index (χ0n) is 15.0. The van der Waals surface area contributed by atoms with Crippen LogP contribution in [0.4, 0.5) is 0 Å². The van der Waals surface area contributed by atoms with Crippen molar-refractivity contribution in [3.8, 4) is 5.75 Å². The van der Waals surface area contributed by atoms with Gasteiger partial charge in [-0.1, -0.05) is 37.6 Å². The van der Waals surface area contributed by atoms with Gasteiger partial charge in [0.1, 0.15) is 10.9 Å². The third-order valence-electron chi connectivity index (χ3n) is 3.65. The zero-order valence-corrected chi connectivity index (χ0v) is 15.8. The minimum Gasteiger partial charge on any atom is -0.497 e. The highest BCUT2D eigenvalue weighted by Crippen LogP contribution is 2.22. The van der Waals surface area contributed by atoms with Crippen LogP contribution in [0.5, 0.6) is 5.75 Å². The molecule has 25 heavy (non-hydrogen) atoms. The Morgan fingerprint density at radius 1 is 1.44 bits per heavy atom. The minimum absolute atomic E-state index is 0.185. The van der Waals surface area contributed by atoms with E-state index in [4.69, 9.17) is 16.3 Å². The van der Waals surface area contributed by atoms with Crippen molar-refractivity contribution in [3.05, 3.63) is 52.3 Å². The number of aryl methyl sites for hydroxylation is 1. The van der Waals surface area contributed by atoms with Gasteiger partial charge >= 0.3 is 0 Å². The van der Waals surface area contributed by atoms with Crippen molar-refractivity contribution in [2.24, 2.45) is 5.92 Å². The Hall–Kier alpha value is -2.27. The number of carbonyl (C=O) groups is 1. The fourth-order valence-corrected chi connectivity index (χ4v) is 2.72. The molecule has 5 nitrogen and oxygen atoms in total. The first-order chi connectivity index (χ1) is 11.9. The maximum absolute atomic E-state index is 12.1. The second-order valence-corrected chi connectivity index (χ2v) is 6.63. The number of halogens is 1. The lowest BCUT2D eigenvalue weighted by Crippen LogP contribution is -2.20. The van der Waals surface area contributed by atoms with Crippen molar-refractivity contribution in [1.29, 1.82) is 0 Å². The van der Waals surface area contributed by atoms with Crippen LogP contribution in [0.2, 0.25) is 5.15 Å². The SMILES string of the molecule is COc1cccc(CNC(=O)/C=C/c2c(C)nn(CC(C)C)c2Cl)c1. The van der Waals surface area contributed by atoms with Gasteiger partial charge in [-0.25, -0.2) is 0 Å². The number of hydrogen-bond donors (Lipinski definition) is 1. The lowest BCUT2D eigenvalue weighted by molar-refractivity contribution is -0.116. The summed E-state index contributed by atoms with van der Waals surface area (Å²) in [6, 6.07) is 7.58. The molecule has 0 unspecified atom stereocenters. The first kappa shape index (κ1) is 19.1. The molecule has 1 amide bonds. The summed E-state index contributed by atoms with van der Waals surface area (Å²) < 4.78 is 6.95. The molecule has 1 aromatic carbocycles. The van der Waals surface area contributed by atoms with Gasteiger partial charge in [0.25, 0.3) is 0 Å². The van der Waals surface area contributed by atoms with Crippen LogP contribution in [0.1, 0.15) is 30.7 Å². The summed E-state index contributed by atoms with van der Waals surface area (Å²) in [7, 11) is 1.62. The van der Waals surface area contributed by atoms with Crippen molar-refractivity contribution in [2.75, 3.05) is 7.11 Å². The summed E-state index contributed by atoms with van der Waals surface area (Å²) in [6.45, 7) is 7.27. The Labute approximate surface area is 153 Å². The van der Waals surface area contributed by atoms with Gasteiger partial charge in [-0.3, -0.25) is 9.48 Å². The predicted octanol–water partition coefficient (Wildman–Crippen LogP) is 3.84. The molecule has 0 aliphatic rings. The number of benzene rings is 1. The highest BCUT2D eigenvalue weighted by Gasteiger charge is 2.12. The Morgan fingerprint density at radius 2 is 2.20 bits per heavy atom.